The van der Waals surface area contributed by atoms with Gasteiger partial charge in [-0.25, -0.2) is 4.99 Å². The molecule has 0 heterocycles. The normalized spacial score (nSPS) is 11.3. The summed E-state index contributed by atoms with van der Waals surface area (Å²) >= 11 is 0. The van der Waals surface area contributed by atoms with Crippen LogP contribution in [-0.4, -0.2) is 26.2 Å². The number of guanidine groups is 1. The molecule has 0 unspecified atom stereocenters. The second-order valence-electron chi connectivity index (χ2n) is 5.56. The van der Waals surface area contributed by atoms with Gasteiger partial charge in [-0.3, -0.25) is 0 Å². The van der Waals surface area contributed by atoms with Gasteiger partial charge in [0.1, 0.15) is 0 Å². The van der Waals surface area contributed by atoms with E-state index in [1.807, 2.05) is 18.2 Å². The summed E-state index contributed by atoms with van der Waals surface area (Å²) in [6.07, 6.45) is 0.978. The molecule has 0 bridgehead atoms. The second kappa shape index (κ2) is 10.4. The quantitative estimate of drug-likeness (QED) is 0.579. The van der Waals surface area contributed by atoms with E-state index in [1.54, 1.807) is 7.11 Å². The molecule has 0 aromatic heterocycles. The Labute approximate surface area is 145 Å². The maximum atomic E-state index is 5.26. The predicted octanol–water partition coefficient (Wildman–Crippen LogP) is 3.13. The Bertz CT molecular complexity index is 626. The van der Waals surface area contributed by atoms with Crippen LogP contribution in [0.25, 0.3) is 0 Å². The van der Waals surface area contributed by atoms with E-state index in [-0.39, 0.29) is 0 Å². The summed E-state index contributed by atoms with van der Waals surface area (Å²) < 4.78 is 5.26. The average Bonchev–Trinajstić information content (AvgIpc) is 2.62. The number of benzene rings is 2. The van der Waals surface area contributed by atoms with E-state index in [2.05, 4.69) is 54.0 Å². The minimum absolute atomic E-state index is 0.615. The zero-order valence-electron chi connectivity index (χ0n) is 14.6. The maximum absolute atomic E-state index is 5.26. The average molecular weight is 325 g/mol. The third-order valence-electron chi connectivity index (χ3n) is 3.72. The number of hydrogen-bond acceptors (Lipinski definition) is 2. The van der Waals surface area contributed by atoms with Crippen LogP contribution in [0.4, 0.5) is 0 Å². The zero-order valence-corrected chi connectivity index (χ0v) is 14.6. The molecule has 4 heteroatoms. The molecular formula is C20H27N3O. The van der Waals surface area contributed by atoms with Gasteiger partial charge < -0.3 is 15.4 Å². The van der Waals surface area contributed by atoms with E-state index < -0.39 is 0 Å². The second-order valence-corrected chi connectivity index (χ2v) is 5.56. The van der Waals surface area contributed by atoms with Crippen LogP contribution in [0.15, 0.2) is 59.6 Å². The topological polar surface area (TPSA) is 45.7 Å². The highest BCUT2D eigenvalue weighted by Crippen LogP contribution is 2.11. The molecule has 0 fully saturated rings. The van der Waals surface area contributed by atoms with Crippen LogP contribution in [0, 0.1) is 0 Å². The maximum Gasteiger partial charge on any atom is 0.191 e. The van der Waals surface area contributed by atoms with E-state index in [0.29, 0.717) is 13.2 Å². The highest BCUT2D eigenvalue weighted by molar-refractivity contribution is 5.79. The Morgan fingerprint density at radius 2 is 1.67 bits per heavy atom. The van der Waals surface area contributed by atoms with Crippen molar-refractivity contribution in [3.63, 3.8) is 0 Å². The van der Waals surface area contributed by atoms with E-state index >= 15 is 0 Å². The molecule has 2 aromatic rings. The number of methoxy groups -OCH3 is 1. The smallest absolute Gasteiger partial charge is 0.191 e. The van der Waals surface area contributed by atoms with E-state index in [4.69, 9.17) is 9.73 Å². The summed E-state index contributed by atoms with van der Waals surface area (Å²) in [6, 6.07) is 18.7. The Kier molecular flexibility index (Phi) is 7.84. The lowest BCUT2D eigenvalue weighted by Gasteiger charge is -2.12. The molecule has 0 aliphatic rings. The third-order valence-corrected chi connectivity index (χ3v) is 3.72. The number of hydrogen-bond donors (Lipinski definition) is 2. The van der Waals surface area contributed by atoms with Crippen molar-refractivity contribution in [3.8, 4) is 0 Å². The van der Waals surface area contributed by atoms with Crippen LogP contribution in [-0.2, 0) is 24.3 Å². The summed E-state index contributed by atoms with van der Waals surface area (Å²) in [6.45, 7) is 5.03. The highest BCUT2D eigenvalue weighted by atomic mass is 16.5. The Hall–Kier alpha value is -2.33. The monoisotopic (exact) mass is 325 g/mol. The van der Waals surface area contributed by atoms with Gasteiger partial charge in [0.25, 0.3) is 0 Å². The lowest BCUT2D eigenvalue weighted by Crippen LogP contribution is -2.38. The van der Waals surface area contributed by atoms with Crippen LogP contribution in [0.5, 0.6) is 0 Å². The van der Waals surface area contributed by atoms with Gasteiger partial charge in [0.15, 0.2) is 5.96 Å². The fraction of sp³-hybridized carbons (Fsp3) is 0.350. The lowest BCUT2D eigenvalue weighted by atomic mass is 10.1. The molecule has 0 saturated heterocycles. The first-order chi connectivity index (χ1) is 11.8. The van der Waals surface area contributed by atoms with Gasteiger partial charge in [0, 0.05) is 20.2 Å². The molecule has 2 aromatic carbocycles. The van der Waals surface area contributed by atoms with Crippen molar-refractivity contribution in [2.45, 2.75) is 26.5 Å². The zero-order chi connectivity index (χ0) is 17.0. The van der Waals surface area contributed by atoms with Gasteiger partial charge in [-0.2, -0.15) is 0 Å². The van der Waals surface area contributed by atoms with Gasteiger partial charge in [0.2, 0.25) is 0 Å². The summed E-state index contributed by atoms with van der Waals surface area (Å²) in [7, 11) is 1.72. The fourth-order valence-electron chi connectivity index (χ4n) is 2.48. The Morgan fingerprint density at radius 1 is 0.958 bits per heavy atom. The predicted molar refractivity (Wildman–Crippen MR) is 100 cm³/mol. The van der Waals surface area contributed by atoms with E-state index in [9.17, 15) is 0 Å². The first-order valence-corrected chi connectivity index (χ1v) is 8.45. The number of nitrogens with zero attached hydrogens (tertiary/aromatic N) is 1. The standard InChI is InChI=1S/C20H27N3O/c1-3-21-20(22-14-13-17-9-5-4-6-10-17)23-15-18-11-7-8-12-19(18)16-24-2/h4-12H,3,13-16H2,1-2H3,(H2,21,22,23). The summed E-state index contributed by atoms with van der Waals surface area (Å²) in [5.74, 6) is 0.848. The minimum atomic E-state index is 0.615. The molecule has 24 heavy (non-hydrogen) atoms. The van der Waals surface area contributed by atoms with Crippen molar-refractivity contribution in [2.75, 3.05) is 20.2 Å². The van der Waals surface area contributed by atoms with E-state index in [0.717, 1.165) is 25.5 Å². The lowest BCUT2D eigenvalue weighted by molar-refractivity contribution is 0.184. The molecule has 2 rings (SSSR count). The van der Waals surface area contributed by atoms with Crippen molar-refractivity contribution in [3.05, 3.63) is 71.3 Å². The molecule has 0 aliphatic carbocycles. The summed E-state index contributed by atoms with van der Waals surface area (Å²) in [5.41, 5.74) is 3.70. The molecule has 2 N–H and O–H groups in total. The number of nitrogens with one attached hydrogen (secondary N) is 2. The van der Waals surface area contributed by atoms with Gasteiger partial charge >= 0.3 is 0 Å². The van der Waals surface area contributed by atoms with Crippen LogP contribution >= 0.6 is 0 Å². The van der Waals surface area contributed by atoms with Gasteiger partial charge in [-0.05, 0) is 30.0 Å². The molecule has 0 radical (unpaired) electrons. The van der Waals surface area contributed by atoms with E-state index in [1.165, 1.54) is 16.7 Å². The molecule has 0 spiro atoms. The molecule has 0 atom stereocenters. The Morgan fingerprint density at radius 3 is 2.38 bits per heavy atom. The fourth-order valence-corrected chi connectivity index (χ4v) is 2.48. The van der Waals surface area contributed by atoms with Crippen molar-refractivity contribution in [2.24, 2.45) is 4.99 Å². The number of ether oxygens (including phenoxy) is 1. The Balaban J connectivity index is 1.93. The minimum Gasteiger partial charge on any atom is -0.380 e. The first kappa shape index (κ1) is 18.0. The molecule has 128 valence electrons. The SMILES string of the molecule is CCNC(=NCc1ccccc1COC)NCCc1ccccc1. The number of rotatable bonds is 8. The van der Waals surface area contributed by atoms with Crippen LogP contribution in [0.2, 0.25) is 0 Å². The molecule has 0 saturated carbocycles. The third kappa shape index (κ3) is 6.05. The van der Waals surface area contributed by atoms with Crippen LogP contribution in [0.3, 0.4) is 0 Å². The van der Waals surface area contributed by atoms with Crippen molar-refractivity contribution >= 4 is 5.96 Å². The van der Waals surface area contributed by atoms with Gasteiger partial charge in [0.05, 0.1) is 13.2 Å². The summed E-state index contributed by atoms with van der Waals surface area (Å²) in [5, 5.41) is 6.70. The largest absolute Gasteiger partial charge is 0.380 e. The van der Waals surface area contributed by atoms with Crippen LogP contribution in [0.1, 0.15) is 23.6 Å². The molecular weight excluding hydrogens is 298 g/mol. The molecule has 0 amide bonds. The van der Waals surface area contributed by atoms with Gasteiger partial charge in [-0.15, -0.1) is 0 Å². The first-order valence-electron chi connectivity index (χ1n) is 8.45. The van der Waals surface area contributed by atoms with Crippen molar-refractivity contribution in [1.29, 1.82) is 0 Å². The van der Waals surface area contributed by atoms with Crippen molar-refractivity contribution in [1.82, 2.24) is 10.6 Å². The van der Waals surface area contributed by atoms with Crippen LogP contribution < -0.4 is 10.6 Å². The van der Waals surface area contributed by atoms with Gasteiger partial charge in [-0.1, -0.05) is 54.6 Å². The highest BCUT2D eigenvalue weighted by Gasteiger charge is 2.02. The molecule has 0 aliphatic heterocycles. The van der Waals surface area contributed by atoms with Crippen molar-refractivity contribution < 1.29 is 4.74 Å². The number of aliphatic imine (C=N–C) groups is 1. The molecule has 4 nitrogen and oxygen atoms in total. The summed E-state index contributed by atoms with van der Waals surface area (Å²) in [4.78, 5) is 4.70.